The third-order valence-electron chi connectivity index (χ3n) is 10.9. The molecule has 5 aliphatic carbocycles. The maximum Gasteiger partial charge on any atom is 0.179 e. The number of allylic oxidation sites excluding steroid dienone is 17. The third-order valence-corrected chi connectivity index (χ3v) is 10.9. The molecule has 0 fully saturated rings. The Morgan fingerprint density at radius 2 is 1.47 bits per heavy atom. The average molecular weight is 662 g/mol. The zero-order valence-electron chi connectivity index (χ0n) is 27.9. The highest BCUT2D eigenvalue weighted by Gasteiger charge is 2.30. The molecule has 5 nitrogen and oxygen atoms in total. The Morgan fingerprint density at radius 3 is 2.33 bits per heavy atom. The van der Waals surface area contributed by atoms with Crippen LogP contribution in [-0.4, -0.2) is 11.5 Å². The topological polar surface area (TPSA) is 77.0 Å². The van der Waals surface area contributed by atoms with Gasteiger partial charge < -0.3 is 14.7 Å². The number of nitrogens with two attached hydrogens (primary N) is 1. The van der Waals surface area contributed by atoms with Crippen molar-refractivity contribution in [3.63, 3.8) is 0 Å². The summed E-state index contributed by atoms with van der Waals surface area (Å²) in [7, 11) is 0. The lowest BCUT2D eigenvalue weighted by atomic mass is 9.79. The van der Waals surface area contributed by atoms with E-state index in [9.17, 15) is 0 Å². The van der Waals surface area contributed by atoms with E-state index in [1.165, 1.54) is 5.56 Å². The molecular formula is C46H35N3O2. The lowest BCUT2D eigenvalue weighted by Crippen LogP contribution is -2.22. The number of fused-ring (bicyclic) bond motifs is 9. The smallest absolute Gasteiger partial charge is 0.179 e. The van der Waals surface area contributed by atoms with Crippen LogP contribution < -0.4 is 5.84 Å². The molecule has 0 spiro atoms. The largest absolute Gasteiger partial charge is 0.460 e. The van der Waals surface area contributed by atoms with E-state index >= 15 is 0 Å². The first kappa shape index (κ1) is 29.7. The van der Waals surface area contributed by atoms with Crippen molar-refractivity contribution in [2.45, 2.75) is 12.3 Å². The Morgan fingerprint density at radius 1 is 0.686 bits per heavy atom. The predicted molar refractivity (Wildman–Crippen MR) is 210 cm³/mol. The Bertz CT molecular complexity index is 2610. The van der Waals surface area contributed by atoms with Gasteiger partial charge in [-0.05, 0) is 47.4 Å². The van der Waals surface area contributed by atoms with E-state index in [4.69, 9.17) is 19.7 Å². The average Bonchev–Trinajstić information content (AvgIpc) is 3.77. The number of hydrogen-bond donors (Lipinski definition) is 1. The third kappa shape index (κ3) is 4.91. The van der Waals surface area contributed by atoms with Crippen LogP contribution in [0.25, 0.3) is 50.1 Å². The molecule has 0 saturated heterocycles. The molecule has 3 aromatic carbocycles. The zero-order chi connectivity index (χ0) is 33.9. The summed E-state index contributed by atoms with van der Waals surface area (Å²) in [6.45, 7) is 0. The highest BCUT2D eigenvalue weighted by molar-refractivity contribution is 6.24. The Labute approximate surface area is 295 Å². The van der Waals surface area contributed by atoms with Crippen molar-refractivity contribution in [3.8, 4) is 11.1 Å². The van der Waals surface area contributed by atoms with Gasteiger partial charge in [-0.25, -0.2) is 4.99 Å². The lowest BCUT2D eigenvalue weighted by molar-refractivity contribution is 0.492. The van der Waals surface area contributed by atoms with Gasteiger partial charge in [-0.15, -0.1) is 0 Å². The Hall–Kier alpha value is -6.20. The quantitative estimate of drug-likeness (QED) is 0.0901. The van der Waals surface area contributed by atoms with Crippen LogP contribution in [0.2, 0.25) is 0 Å². The van der Waals surface area contributed by atoms with Gasteiger partial charge in [-0.3, -0.25) is 0 Å². The van der Waals surface area contributed by atoms with Crippen LogP contribution >= 0.6 is 0 Å². The summed E-state index contributed by atoms with van der Waals surface area (Å²) >= 11 is 0. The maximum atomic E-state index is 6.63. The second-order valence-corrected chi connectivity index (χ2v) is 13.8. The van der Waals surface area contributed by atoms with Crippen molar-refractivity contribution >= 4 is 50.5 Å². The van der Waals surface area contributed by atoms with Gasteiger partial charge in [0.15, 0.2) is 5.84 Å². The predicted octanol–water partition coefficient (Wildman–Crippen LogP) is 10.9. The maximum absolute atomic E-state index is 6.63. The summed E-state index contributed by atoms with van der Waals surface area (Å²) in [6.07, 6.45) is 38.2. The first-order chi connectivity index (χ1) is 25.2. The summed E-state index contributed by atoms with van der Waals surface area (Å²) in [4.78, 5) is 5.32. The molecule has 2 heterocycles. The second kappa shape index (κ2) is 12.0. The molecular weight excluding hydrogens is 627 g/mol. The van der Waals surface area contributed by atoms with Crippen molar-refractivity contribution in [2.75, 3.05) is 0 Å². The molecule has 2 N–H and O–H groups in total. The van der Waals surface area contributed by atoms with E-state index in [2.05, 4.69) is 133 Å². The molecule has 5 aliphatic rings. The fourth-order valence-electron chi connectivity index (χ4n) is 8.36. The molecule has 10 rings (SSSR count). The van der Waals surface area contributed by atoms with Crippen LogP contribution in [-0.2, 0) is 0 Å². The molecule has 5 unspecified atom stereocenters. The molecule has 0 bridgehead atoms. The number of aliphatic imine (C=N–C) groups is 1. The molecule has 5 atom stereocenters. The van der Waals surface area contributed by atoms with Crippen LogP contribution in [0.1, 0.15) is 29.2 Å². The minimum atomic E-state index is 0.0919. The number of hydrazone groups is 1. The number of hydrogen-bond acceptors (Lipinski definition) is 4. The first-order valence-corrected chi connectivity index (χ1v) is 17.7. The van der Waals surface area contributed by atoms with Gasteiger partial charge in [-0.1, -0.05) is 134 Å². The standard InChI is InChI=1S/C46H35N3O2/c47-49-46(48-44(30-12-2-1-3-13-30)33-21-20-28-10-4-5-14-31(28)26-33)38-17-9-19-40-43(38)42-34(16-8-18-39(42)50-40)32-23-24-36-37-25-22-29-11-6-7-15-35(29)45(37)51-41(36)27-32/h1-12,14-31,35H,13,47H2/b48-44-,49-46-. The van der Waals surface area contributed by atoms with Crippen LogP contribution in [0, 0.1) is 23.7 Å². The number of furan rings is 2. The summed E-state index contributed by atoms with van der Waals surface area (Å²) in [5.41, 5.74) is 8.58. The fraction of sp³-hybridized carbons (Fsp3) is 0.130. The number of amidine groups is 1. The molecule has 5 aromatic rings. The highest BCUT2D eigenvalue weighted by Crippen LogP contribution is 2.45. The molecule has 2 aromatic heterocycles. The van der Waals surface area contributed by atoms with E-state index in [1.54, 1.807) is 0 Å². The van der Waals surface area contributed by atoms with Crippen LogP contribution in [0.5, 0.6) is 0 Å². The van der Waals surface area contributed by atoms with E-state index in [1.807, 2.05) is 30.3 Å². The molecule has 5 heteroatoms. The fourth-order valence-corrected chi connectivity index (χ4v) is 8.36. The van der Waals surface area contributed by atoms with Gasteiger partial charge in [0.05, 0.1) is 5.71 Å². The Kier molecular flexibility index (Phi) is 6.98. The highest BCUT2D eigenvalue weighted by atomic mass is 16.3. The van der Waals surface area contributed by atoms with Crippen molar-refractivity contribution < 1.29 is 8.83 Å². The van der Waals surface area contributed by atoms with E-state index in [0.29, 0.717) is 17.7 Å². The Balaban J connectivity index is 1.11. The zero-order valence-corrected chi connectivity index (χ0v) is 27.9. The molecule has 0 saturated carbocycles. The molecule has 0 radical (unpaired) electrons. The van der Waals surface area contributed by atoms with Crippen molar-refractivity contribution in [2.24, 2.45) is 39.6 Å². The van der Waals surface area contributed by atoms with E-state index < -0.39 is 0 Å². The van der Waals surface area contributed by atoms with Crippen LogP contribution in [0.4, 0.5) is 0 Å². The van der Waals surface area contributed by atoms with Gasteiger partial charge in [0.25, 0.3) is 0 Å². The number of nitrogens with zero attached hydrogens (tertiary/aromatic N) is 2. The molecule has 51 heavy (non-hydrogen) atoms. The van der Waals surface area contributed by atoms with Crippen molar-refractivity contribution in [1.29, 1.82) is 0 Å². The van der Waals surface area contributed by atoms with Gasteiger partial charge in [0, 0.05) is 56.9 Å². The number of rotatable bonds is 4. The SMILES string of the molecule is N/N=C(\N=C(/C1=CC2C=CC=CC2C=C1)C1C=CC=CC1)c1cccc2oc3cccc(-c4ccc5c6c(oc5c4)C4C=CC=CC4C=C6)c3c12. The second-order valence-electron chi connectivity index (χ2n) is 13.8. The summed E-state index contributed by atoms with van der Waals surface area (Å²) in [5.74, 6) is 9.03. The van der Waals surface area contributed by atoms with Gasteiger partial charge in [-0.2, -0.15) is 5.10 Å². The van der Waals surface area contributed by atoms with Gasteiger partial charge in [0.1, 0.15) is 22.5 Å². The van der Waals surface area contributed by atoms with E-state index in [0.717, 1.165) is 73.1 Å². The molecule has 246 valence electrons. The normalized spacial score (nSPS) is 24.8. The summed E-state index contributed by atoms with van der Waals surface area (Å²) in [5, 5.41) is 7.41. The lowest BCUT2D eigenvalue weighted by Gasteiger charge is -2.26. The molecule has 0 aliphatic heterocycles. The number of benzene rings is 3. The van der Waals surface area contributed by atoms with Crippen LogP contribution in [0.15, 0.2) is 176 Å². The summed E-state index contributed by atoms with van der Waals surface area (Å²) in [6, 6.07) is 18.8. The first-order valence-electron chi connectivity index (χ1n) is 17.7. The minimum absolute atomic E-state index is 0.0919. The van der Waals surface area contributed by atoms with E-state index in [-0.39, 0.29) is 17.8 Å². The molecule has 0 amide bonds. The van der Waals surface area contributed by atoms with Crippen molar-refractivity contribution in [3.05, 3.63) is 174 Å². The van der Waals surface area contributed by atoms with Crippen molar-refractivity contribution in [1.82, 2.24) is 0 Å². The van der Waals surface area contributed by atoms with Gasteiger partial charge >= 0.3 is 0 Å². The monoisotopic (exact) mass is 661 g/mol. The minimum Gasteiger partial charge on any atom is -0.460 e. The van der Waals surface area contributed by atoms with Gasteiger partial charge in [0.2, 0.25) is 0 Å². The van der Waals surface area contributed by atoms with Crippen LogP contribution in [0.3, 0.4) is 0 Å². The summed E-state index contributed by atoms with van der Waals surface area (Å²) < 4.78 is 13.1.